The van der Waals surface area contributed by atoms with Gasteiger partial charge in [-0.2, -0.15) is 5.10 Å². The van der Waals surface area contributed by atoms with Gasteiger partial charge < -0.3 is 9.52 Å². The maximum Gasteiger partial charge on any atom is 0.420 e. The van der Waals surface area contributed by atoms with Crippen LogP contribution in [0.2, 0.25) is 0 Å². The molecule has 7 heteroatoms. The van der Waals surface area contributed by atoms with E-state index in [1.165, 1.54) is 15.4 Å². The number of oxazole rings is 1. The molecular weight excluding hydrogens is 262 g/mol. The number of aromatic carboxylic acids is 1. The van der Waals surface area contributed by atoms with Crippen molar-refractivity contribution in [2.75, 3.05) is 0 Å². The number of hydrogen-bond acceptors (Lipinski definition) is 4. The second-order valence-electron chi connectivity index (χ2n) is 4.36. The fourth-order valence-corrected chi connectivity index (χ4v) is 2.14. The standard InChI is InChI=1S/C13H11N3O4/c1-15-10(8(6-14-15)12(17)18)7-16-9-4-2-3-5-11(9)20-13(16)19/h2-6H,7H2,1H3,(H,17,18). The number of carboxylic acid groups (broad SMARTS) is 1. The lowest BCUT2D eigenvalue weighted by molar-refractivity contribution is 0.0695. The molecule has 2 aromatic heterocycles. The summed E-state index contributed by atoms with van der Waals surface area (Å²) in [6.07, 6.45) is 1.27. The molecule has 0 amide bonds. The lowest BCUT2D eigenvalue weighted by Gasteiger charge is -2.04. The van der Waals surface area contributed by atoms with Gasteiger partial charge in [0.15, 0.2) is 5.58 Å². The molecular formula is C13H11N3O4. The number of para-hydroxylation sites is 2. The Morgan fingerprint density at radius 3 is 2.90 bits per heavy atom. The van der Waals surface area contributed by atoms with Gasteiger partial charge in [-0.15, -0.1) is 0 Å². The van der Waals surface area contributed by atoms with E-state index in [1.807, 2.05) is 0 Å². The maximum absolute atomic E-state index is 11.9. The lowest BCUT2D eigenvalue weighted by Crippen LogP contribution is -2.18. The average Bonchev–Trinajstić information content (AvgIpc) is 2.92. The van der Waals surface area contributed by atoms with Crippen LogP contribution < -0.4 is 5.76 Å². The third-order valence-electron chi connectivity index (χ3n) is 3.17. The van der Waals surface area contributed by atoms with Crippen LogP contribution in [0.3, 0.4) is 0 Å². The van der Waals surface area contributed by atoms with E-state index in [1.54, 1.807) is 31.3 Å². The summed E-state index contributed by atoms with van der Waals surface area (Å²) >= 11 is 0. The average molecular weight is 273 g/mol. The Labute approximate surface area is 112 Å². The Hall–Kier alpha value is -2.83. The first-order valence-corrected chi connectivity index (χ1v) is 5.90. The molecule has 0 aliphatic heterocycles. The molecule has 1 aromatic carbocycles. The van der Waals surface area contributed by atoms with Crippen molar-refractivity contribution >= 4 is 17.1 Å². The van der Waals surface area contributed by atoms with Crippen LogP contribution in [0.25, 0.3) is 11.1 Å². The van der Waals surface area contributed by atoms with Gasteiger partial charge in [0.25, 0.3) is 0 Å². The zero-order chi connectivity index (χ0) is 14.3. The number of fused-ring (bicyclic) bond motifs is 1. The number of aromatic nitrogens is 3. The van der Waals surface area contributed by atoms with Crippen molar-refractivity contribution in [1.29, 1.82) is 0 Å². The van der Waals surface area contributed by atoms with Crippen LogP contribution in [-0.4, -0.2) is 25.4 Å². The van der Waals surface area contributed by atoms with Crippen LogP contribution in [0.1, 0.15) is 16.1 Å². The van der Waals surface area contributed by atoms with Crippen molar-refractivity contribution < 1.29 is 14.3 Å². The van der Waals surface area contributed by atoms with Gasteiger partial charge in [-0.05, 0) is 12.1 Å². The van der Waals surface area contributed by atoms with Crippen LogP contribution >= 0.6 is 0 Å². The first-order chi connectivity index (χ1) is 9.58. The van der Waals surface area contributed by atoms with Crippen molar-refractivity contribution in [3.05, 3.63) is 52.3 Å². The summed E-state index contributed by atoms with van der Waals surface area (Å²) in [5, 5.41) is 13.0. The fourth-order valence-electron chi connectivity index (χ4n) is 2.14. The molecule has 3 rings (SSSR count). The Bertz CT molecular complexity index is 856. The van der Waals surface area contributed by atoms with Crippen molar-refractivity contribution in [2.45, 2.75) is 6.54 Å². The molecule has 0 bridgehead atoms. The van der Waals surface area contributed by atoms with Gasteiger partial charge in [0.1, 0.15) is 5.56 Å². The molecule has 0 atom stereocenters. The summed E-state index contributed by atoms with van der Waals surface area (Å²) in [5.74, 6) is -1.60. The van der Waals surface area contributed by atoms with E-state index < -0.39 is 11.7 Å². The minimum atomic E-state index is -1.08. The predicted octanol–water partition coefficient (Wildman–Crippen LogP) is 1.07. The van der Waals surface area contributed by atoms with Crippen LogP contribution in [0.15, 0.2) is 39.7 Å². The fraction of sp³-hybridized carbons (Fsp3) is 0.154. The minimum absolute atomic E-state index is 0.0738. The molecule has 7 nitrogen and oxygen atoms in total. The zero-order valence-electron chi connectivity index (χ0n) is 10.6. The molecule has 3 aromatic rings. The molecule has 0 aliphatic carbocycles. The molecule has 0 unspecified atom stereocenters. The SMILES string of the molecule is Cn1ncc(C(=O)O)c1Cn1c(=O)oc2ccccc21. The van der Waals surface area contributed by atoms with Crippen LogP contribution in [0.5, 0.6) is 0 Å². The maximum atomic E-state index is 11.9. The van der Waals surface area contributed by atoms with E-state index in [-0.39, 0.29) is 12.1 Å². The quantitative estimate of drug-likeness (QED) is 0.771. The summed E-state index contributed by atoms with van der Waals surface area (Å²) in [6.45, 7) is 0.0912. The normalized spacial score (nSPS) is 11.1. The highest BCUT2D eigenvalue weighted by Crippen LogP contribution is 2.15. The van der Waals surface area contributed by atoms with Gasteiger partial charge >= 0.3 is 11.7 Å². The molecule has 2 heterocycles. The number of aryl methyl sites for hydroxylation is 1. The molecule has 0 fully saturated rings. The first-order valence-electron chi connectivity index (χ1n) is 5.90. The Morgan fingerprint density at radius 1 is 1.40 bits per heavy atom. The van der Waals surface area contributed by atoms with Gasteiger partial charge in [0, 0.05) is 7.05 Å². The third-order valence-corrected chi connectivity index (χ3v) is 3.17. The topological polar surface area (TPSA) is 90.3 Å². The van der Waals surface area contributed by atoms with Crippen LogP contribution in [0.4, 0.5) is 0 Å². The number of rotatable bonds is 3. The highest BCUT2D eigenvalue weighted by atomic mass is 16.4. The summed E-state index contributed by atoms with van der Waals surface area (Å²) in [5.41, 5.74) is 1.60. The molecule has 0 saturated heterocycles. The molecule has 1 N–H and O–H groups in total. The van der Waals surface area contributed by atoms with E-state index in [2.05, 4.69) is 5.10 Å². The molecule has 0 spiro atoms. The van der Waals surface area contributed by atoms with Crippen LogP contribution in [-0.2, 0) is 13.6 Å². The van der Waals surface area contributed by atoms with E-state index in [0.717, 1.165) is 0 Å². The van der Waals surface area contributed by atoms with Crippen molar-refractivity contribution in [3.8, 4) is 0 Å². The second kappa shape index (κ2) is 4.37. The molecule has 20 heavy (non-hydrogen) atoms. The first kappa shape index (κ1) is 12.2. The number of hydrogen-bond donors (Lipinski definition) is 1. The van der Waals surface area contributed by atoms with Crippen LogP contribution in [0, 0.1) is 0 Å². The summed E-state index contributed by atoms with van der Waals surface area (Å²) in [7, 11) is 1.63. The van der Waals surface area contributed by atoms with Crippen molar-refractivity contribution in [1.82, 2.24) is 14.3 Å². The Balaban J connectivity index is 2.15. The van der Waals surface area contributed by atoms with E-state index >= 15 is 0 Å². The predicted molar refractivity (Wildman–Crippen MR) is 69.7 cm³/mol. The van der Waals surface area contributed by atoms with Gasteiger partial charge in [-0.3, -0.25) is 9.25 Å². The minimum Gasteiger partial charge on any atom is -0.478 e. The monoisotopic (exact) mass is 273 g/mol. The number of carboxylic acids is 1. The summed E-state index contributed by atoms with van der Waals surface area (Å²) in [6, 6.07) is 6.99. The van der Waals surface area contributed by atoms with Gasteiger partial charge in [-0.1, -0.05) is 12.1 Å². The second-order valence-corrected chi connectivity index (χ2v) is 4.36. The third kappa shape index (κ3) is 1.80. The largest absolute Gasteiger partial charge is 0.478 e. The van der Waals surface area contributed by atoms with E-state index in [0.29, 0.717) is 16.8 Å². The Kier molecular flexibility index (Phi) is 2.67. The lowest BCUT2D eigenvalue weighted by atomic mass is 10.2. The number of carbonyl (C=O) groups is 1. The van der Waals surface area contributed by atoms with Crippen molar-refractivity contribution in [3.63, 3.8) is 0 Å². The highest BCUT2D eigenvalue weighted by molar-refractivity contribution is 5.88. The summed E-state index contributed by atoms with van der Waals surface area (Å²) in [4.78, 5) is 23.0. The van der Waals surface area contributed by atoms with Gasteiger partial charge in [0.2, 0.25) is 0 Å². The van der Waals surface area contributed by atoms with E-state index in [9.17, 15) is 9.59 Å². The number of nitrogens with zero attached hydrogens (tertiary/aromatic N) is 3. The molecule has 0 aliphatic rings. The Morgan fingerprint density at radius 2 is 2.15 bits per heavy atom. The summed E-state index contributed by atoms with van der Waals surface area (Å²) < 4.78 is 7.95. The molecule has 0 radical (unpaired) electrons. The smallest absolute Gasteiger partial charge is 0.420 e. The van der Waals surface area contributed by atoms with E-state index in [4.69, 9.17) is 9.52 Å². The highest BCUT2D eigenvalue weighted by Gasteiger charge is 2.18. The van der Waals surface area contributed by atoms with Crippen molar-refractivity contribution in [2.24, 2.45) is 7.05 Å². The molecule has 102 valence electrons. The zero-order valence-corrected chi connectivity index (χ0v) is 10.6. The molecule has 0 saturated carbocycles. The number of benzene rings is 1. The van der Waals surface area contributed by atoms with Gasteiger partial charge in [-0.25, -0.2) is 9.59 Å². The van der Waals surface area contributed by atoms with Gasteiger partial charge in [0.05, 0.1) is 24.0 Å².